The van der Waals surface area contributed by atoms with Crippen LogP contribution in [0.5, 0.6) is 0 Å². The predicted octanol–water partition coefficient (Wildman–Crippen LogP) is 1.69. The smallest absolute Gasteiger partial charge is 0.317 e. The normalized spacial score (nSPS) is 19.0. The molecule has 7 heteroatoms. The van der Waals surface area contributed by atoms with Gasteiger partial charge in [0.05, 0.1) is 11.7 Å². The van der Waals surface area contributed by atoms with Crippen LogP contribution in [0.3, 0.4) is 0 Å². The van der Waals surface area contributed by atoms with Crippen LogP contribution in [0.15, 0.2) is 34.9 Å². The molecule has 6 nitrogen and oxygen atoms in total. The first-order chi connectivity index (χ1) is 11.2. The molecular weight excluding hydrogens is 299 g/mol. The van der Waals surface area contributed by atoms with Crippen molar-refractivity contribution in [1.82, 2.24) is 20.1 Å². The van der Waals surface area contributed by atoms with Gasteiger partial charge in [0, 0.05) is 38.3 Å². The Morgan fingerprint density at radius 1 is 1.39 bits per heavy atom. The summed E-state index contributed by atoms with van der Waals surface area (Å²) in [5.74, 6) is 0.118. The van der Waals surface area contributed by atoms with Crippen LogP contribution in [0.1, 0.15) is 5.69 Å². The standard InChI is InChI=1S/C16H17FN4O2/c17-12-3-1-2-11(6-12)15-19-13(10-23-15)7-20-8-14(9-20)21-5-4-18-16(21)22/h1-3,6,10,14H,4-5,7-9H2,(H,18,22). The summed E-state index contributed by atoms with van der Waals surface area (Å²) in [6, 6.07) is 6.51. The van der Waals surface area contributed by atoms with Crippen LogP contribution in [0.4, 0.5) is 9.18 Å². The van der Waals surface area contributed by atoms with Crippen LogP contribution in [-0.4, -0.2) is 53.0 Å². The first-order valence-corrected chi connectivity index (χ1v) is 7.66. The van der Waals surface area contributed by atoms with Crippen molar-refractivity contribution in [2.24, 2.45) is 0 Å². The summed E-state index contributed by atoms with van der Waals surface area (Å²) in [5, 5.41) is 2.82. The van der Waals surface area contributed by atoms with Crippen molar-refractivity contribution in [2.75, 3.05) is 26.2 Å². The maximum absolute atomic E-state index is 13.2. The Morgan fingerprint density at radius 3 is 3.00 bits per heavy atom. The summed E-state index contributed by atoms with van der Waals surface area (Å²) in [7, 11) is 0. The third-order valence-corrected chi connectivity index (χ3v) is 4.28. The molecule has 4 rings (SSSR count). The highest BCUT2D eigenvalue weighted by molar-refractivity contribution is 5.76. The number of oxazole rings is 1. The lowest BCUT2D eigenvalue weighted by atomic mass is 10.1. The molecule has 2 fully saturated rings. The Hall–Kier alpha value is -2.41. The number of hydrogen-bond donors (Lipinski definition) is 1. The number of carbonyl (C=O) groups excluding carboxylic acids is 1. The Kier molecular flexibility index (Phi) is 3.49. The molecule has 0 spiro atoms. The fraction of sp³-hybridized carbons (Fsp3) is 0.375. The zero-order valence-electron chi connectivity index (χ0n) is 12.5. The Balaban J connectivity index is 1.35. The topological polar surface area (TPSA) is 61.6 Å². The first-order valence-electron chi connectivity index (χ1n) is 7.66. The van der Waals surface area contributed by atoms with Crippen LogP contribution in [0.25, 0.3) is 11.5 Å². The number of benzene rings is 1. The summed E-state index contributed by atoms with van der Waals surface area (Å²) >= 11 is 0. The molecule has 1 N–H and O–H groups in total. The molecule has 120 valence electrons. The van der Waals surface area contributed by atoms with Crippen LogP contribution in [-0.2, 0) is 6.54 Å². The van der Waals surface area contributed by atoms with Gasteiger partial charge in [-0.15, -0.1) is 0 Å². The molecule has 2 aliphatic heterocycles. The van der Waals surface area contributed by atoms with Crippen molar-refractivity contribution in [2.45, 2.75) is 12.6 Å². The number of nitrogens with one attached hydrogen (secondary N) is 1. The first kappa shape index (κ1) is 14.2. The average molecular weight is 316 g/mol. The number of rotatable bonds is 4. The minimum atomic E-state index is -0.309. The van der Waals surface area contributed by atoms with Crippen molar-refractivity contribution >= 4 is 6.03 Å². The van der Waals surface area contributed by atoms with Gasteiger partial charge in [0.15, 0.2) is 0 Å². The lowest BCUT2D eigenvalue weighted by Gasteiger charge is -2.43. The quantitative estimate of drug-likeness (QED) is 0.932. The van der Waals surface area contributed by atoms with Gasteiger partial charge >= 0.3 is 6.03 Å². The highest BCUT2D eigenvalue weighted by Crippen LogP contribution is 2.22. The van der Waals surface area contributed by atoms with Crippen molar-refractivity contribution in [3.8, 4) is 11.5 Å². The number of nitrogens with zero attached hydrogens (tertiary/aromatic N) is 3. The maximum atomic E-state index is 13.2. The minimum Gasteiger partial charge on any atom is -0.444 e. The van der Waals surface area contributed by atoms with Gasteiger partial charge in [0.2, 0.25) is 5.89 Å². The Bertz CT molecular complexity index is 726. The van der Waals surface area contributed by atoms with Crippen LogP contribution < -0.4 is 5.32 Å². The summed E-state index contributed by atoms with van der Waals surface area (Å²) in [4.78, 5) is 20.1. The molecule has 2 aromatic rings. The van der Waals surface area contributed by atoms with Gasteiger partial charge in [-0.05, 0) is 18.2 Å². The molecule has 2 aliphatic rings. The fourth-order valence-corrected chi connectivity index (χ4v) is 3.07. The van der Waals surface area contributed by atoms with E-state index in [2.05, 4.69) is 15.2 Å². The van der Waals surface area contributed by atoms with E-state index in [4.69, 9.17) is 4.42 Å². The van der Waals surface area contributed by atoms with Gasteiger partial charge in [0.1, 0.15) is 12.1 Å². The van der Waals surface area contributed by atoms with E-state index in [0.717, 1.165) is 31.9 Å². The molecule has 0 unspecified atom stereocenters. The fourth-order valence-electron chi connectivity index (χ4n) is 3.07. The van der Waals surface area contributed by atoms with Gasteiger partial charge in [0.25, 0.3) is 0 Å². The van der Waals surface area contributed by atoms with Gasteiger partial charge in [-0.25, -0.2) is 14.2 Å². The second-order valence-electron chi connectivity index (χ2n) is 5.93. The minimum absolute atomic E-state index is 0.0319. The second kappa shape index (κ2) is 5.66. The second-order valence-corrected chi connectivity index (χ2v) is 5.93. The summed E-state index contributed by atoms with van der Waals surface area (Å²) in [6.07, 6.45) is 1.61. The molecular formula is C16H17FN4O2. The lowest BCUT2D eigenvalue weighted by Crippen LogP contribution is -2.59. The number of carbonyl (C=O) groups is 1. The highest BCUT2D eigenvalue weighted by atomic mass is 19.1. The Labute approximate surface area is 132 Å². The SMILES string of the molecule is O=C1NCCN1C1CN(Cc2coc(-c3cccc(F)c3)n2)C1. The molecule has 2 saturated heterocycles. The van der Waals surface area contributed by atoms with Crippen molar-refractivity contribution in [3.63, 3.8) is 0 Å². The van der Waals surface area contributed by atoms with E-state index < -0.39 is 0 Å². The van der Waals surface area contributed by atoms with E-state index in [0.29, 0.717) is 18.0 Å². The molecule has 3 heterocycles. The van der Waals surface area contributed by atoms with Crippen LogP contribution in [0, 0.1) is 5.82 Å². The zero-order valence-corrected chi connectivity index (χ0v) is 12.5. The van der Waals surface area contributed by atoms with E-state index in [1.54, 1.807) is 18.4 Å². The van der Waals surface area contributed by atoms with Gasteiger partial charge in [-0.1, -0.05) is 6.07 Å². The van der Waals surface area contributed by atoms with Crippen LogP contribution in [0.2, 0.25) is 0 Å². The Morgan fingerprint density at radius 2 is 2.26 bits per heavy atom. The average Bonchev–Trinajstić information content (AvgIpc) is 3.12. The van der Waals surface area contributed by atoms with E-state index in [9.17, 15) is 9.18 Å². The van der Waals surface area contributed by atoms with E-state index >= 15 is 0 Å². The van der Waals surface area contributed by atoms with E-state index in [1.165, 1.54) is 12.1 Å². The molecule has 0 aliphatic carbocycles. The monoisotopic (exact) mass is 316 g/mol. The van der Waals surface area contributed by atoms with Gasteiger partial charge in [-0.3, -0.25) is 4.90 Å². The number of urea groups is 1. The molecule has 0 saturated carbocycles. The van der Waals surface area contributed by atoms with E-state index in [-0.39, 0.29) is 17.9 Å². The van der Waals surface area contributed by atoms with Crippen molar-refractivity contribution < 1.29 is 13.6 Å². The molecule has 0 radical (unpaired) electrons. The number of likely N-dealkylation sites (tertiary alicyclic amines) is 1. The number of halogens is 1. The third-order valence-electron chi connectivity index (χ3n) is 4.28. The van der Waals surface area contributed by atoms with Crippen LogP contribution >= 0.6 is 0 Å². The van der Waals surface area contributed by atoms with Crippen molar-refractivity contribution in [3.05, 3.63) is 42.0 Å². The third kappa shape index (κ3) is 2.79. The largest absolute Gasteiger partial charge is 0.444 e. The zero-order chi connectivity index (χ0) is 15.8. The number of aromatic nitrogens is 1. The van der Waals surface area contributed by atoms with Gasteiger partial charge < -0.3 is 14.6 Å². The molecule has 0 atom stereocenters. The number of amides is 2. The summed E-state index contributed by atoms with van der Waals surface area (Å²) in [5.41, 5.74) is 1.44. The highest BCUT2D eigenvalue weighted by Gasteiger charge is 2.36. The molecule has 2 amide bonds. The maximum Gasteiger partial charge on any atom is 0.317 e. The van der Waals surface area contributed by atoms with Gasteiger partial charge in [-0.2, -0.15) is 0 Å². The van der Waals surface area contributed by atoms with Crippen molar-refractivity contribution in [1.29, 1.82) is 0 Å². The number of hydrogen-bond acceptors (Lipinski definition) is 4. The summed E-state index contributed by atoms with van der Waals surface area (Å²) < 4.78 is 18.7. The molecule has 0 bridgehead atoms. The summed E-state index contributed by atoms with van der Waals surface area (Å²) in [6.45, 7) is 3.87. The van der Waals surface area contributed by atoms with E-state index in [1.807, 2.05) is 4.90 Å². The molecule has 1 aromatic carbocycles. The lowest BCUT2D eigenvalue weighted by molar-refractivity contribution is 0.0579. The molecule has 23 heavy (non-hydrogen) atoms. The molecule has 1 aromatic heterocycles. The predicted molar refractivity (Wildman–Crippen MR) is 81.1 cm³/mol.